The zero-order valence-electron chi connectivity index (χ0n) is 16.7. The van der Waals surface area contributed by atoms with Crippen LogP contribution in [0.15, 0.2) is 65.7 Å². The molecule has 0 radical (unpaired) electrons. The fourth-order valence-electron chi connectivity index (χ4n) is 2.66. The molecule has 0 bridgehead atoms. The van der Waals surface area contributed by atoms with Crippen molar-refractivity contribution in [3.05, 3.63) is 60.8 Å². The molecule has 10 heteroatoms. The van der Waals surface area contributed by atoms with Gasteiger partial charge in [0.05, 0.1) is 11.5 Å². The Morgan fingerprint density at radius 3 is 2.63 bits per heavy atom. The molecule has 0 unspecified atom stereocenters. The van der Waals surface area contributed by atoms with Crippen molar-refractivity contribution in [1.29, 1.82) is 0 Å². The molecule has 3 rings (SSSR count). The molecule has 4 N–H and O–H groups in total. The van der Waals surface area contributed by atoms with Gasteiger partial charge in [0.15, 0.2) is 0 Å². The van der Waals surface area contributed by atoms with Crippen LogP contribution in [0.25, 0.3) is 0 Å². The number of aromatic nitrogens is 2. The summed E-state index contributed by atoms with van der Waals surface area (Å²) in [4.78, 5) is 10.8. The fourth-order valence-corrected chi connectivity index (χ4v) is 3.72. The maximum absolute atomic E-state index is 12.4. The Labute approximate surface area is 176 Å². The minimum Gasteiger partial charge on any atom is -0.399 e. The number of nitrogens with one attached hydrogen (secondary N) is 2. The Bertz CT molecular complexity index is 1090. The second-order valence-corrected chi connectivity index (χ2v) is 8.20. The standard InChI is InChI=1S/C20H24N6O3S/c1-26(17-8-6-15(21)7-9-17)19-10-11-22-20(25-19)24-16-4-3-5-18(14-16)30(27,28)23-12-13-29-2/h3-11,14,23H,12-13,21H2,1-2H3,(H,22,24,25). The highest BCUT2D eigenvalue weighted by Gasteiger charge is 2.14. The molecule has 0 aliphatic rings. The minimum atomic E-state index is -3.64. The van der Waals surface area contributed by atoms with Crippen LogP contribution in [0.3, 0.4) is 0 Å². The van der Waals surface area contributed by atoms with Gasteiger partial charge in [-0.2, -0.15) is 4.98 Å². The van der Waals surface area contributed by atoms with Crippen molar-refractivity contribution in [3.63, 3.8) is 0 Å². The molecular weight excluding hydrogens is 404 g/mol. The van der Waals surface area contributed by atoms with E-state index in [1.54, 1.807) is 24.4 Å². The van der Waals surface area contributed by atoms with Crippen molar-refractivity contribution >= 4 is 38.9 Å². The number of nitrogens with zero attached hydrogens (tertiary/aromatic N) is 3. The number of hydrogen-bond acceptors (Lipinski definition) is 8. The quantitative estimate of drug-likeness (QED) is 0.351. The number of nitrogens with two attached hydrogens (primary N) is 1. The lowest BCUT2D eigenvalue weighted by Crippen LogP contribution is -2.27. The smallest absolute Gasteiger partial charge is 0.240 e. The molecule has 0 atom stereocenters. The Morgan fingerprint density at radius 2 is 1.90 bits per heavy atom. The SMILES string of the molecule is COCCNS(=O)(=O)c1cccc(Nc2nccc(N(C)c3ccc(N)cc3)n2)c1. The van der Waals surface area contributed by atoms with E-state index < -0.39 is 10.0 Å². The average molecular weight is 429 g/mol. The average Bonchev–Trinajstić information content (AvgIpc) is 2.74. The molecule has 9 nitrogen and oxygen atoms in total. The topological polar surface area (TPSA) is 122 Å². The van der Waals surface area contributed by atoms with Gasteiger partial charge in [0.25, 0.3) is 0 Å². The zero-order valence-corrected chi connectivity index (χ0v) is 17.6. The Morgan fingerprint density at radius 1 is 1.13 bits per heavy atom. The molecule has 158 valence electrons. The largest absolute Gasteiger partial charge is 0.399 e. The molecule has 1 heterocycles. The van der Waals surface area contributed by atoms with Gasteiger partial charge in [0.2, 0.25) is 16.0 Å². The van der Waals surface area contributed by atoms with Crippen LogP contribution in [0, 0.1) is 0 Å². The number of hydrogen-bond donors (Lipinski definition) is 3. The zero-order chi connectivity index (χ0) is 21.6. The van der Waals surface area contributed by atoms with Crippen LogP contribution in [-0.2, 0) is 14.8 Å². The van der Waals surface area contributed by atoms with Crippen LogP contribution >= 0.6 is 0 Å². The predicted octanol–water partition coefficient (Wildman–Crippen LogP) is 2.50. The molecule has 30 heavy (non-hydrogen) atoms. The first-order valence-corrected chi connectivity index (χ1v) is 10.7. The summed E-state index contributed by atoms with van der Waals surface area (Å²) >= 11 is 0. The maximum atomic E-state index is 12.4. The summed E-state index contributed by atoms with van der Waals surface area (Å²) < 4.78 is 32.2. The number of nitrogen functional groups attached to an aromatic ring is 1. The highest BCUT2D eigenvalue weighted by atomic mass is 32.2. The second kappa shape index (κ2) is 9.53. The van der Waals surface area contributed by atoms with Crippen molar-refractivity contribution in [2.24, 2.45) is 0 Å². The lowest BCUT2D eigenvalue weighted by molar-refractivity contribution is 0.204. The molecular formula is C20H24N6O3S. The summed E-state index contributed by atoms with van der Waals surface area (Å²) in [6.45, 7) is 0.485. The summed E-state index contributed by atoms with van der Waals surface area (Å²) in [5, 5.41) is 3.05. The summed E-state index contributed by atoms with van der Waals surface area (Å²) in [5.74, 6) is 1.01. The van der Waals surface area contributed by atoms with Crippen molar-refractivity contribution < 1.29 is 13.2 Å². The van der Waals surface area contributed by atoms with Gasteiger partial charge in [-0.05, 0) is 48.5 Å². The second-order valence-electron chi connectivity index (χ2n) is 6.43. The molecule has 3 aromatic rings. The van der Waals surface area contributed by atoms with Crippen LogP contribution in [-0.4, -0.2) is 45.7 Å². The van der Waals surface area contributed by atoms with Gasteiger partial charge in [-0.15, -0.1) is 0 Å². The minimum absolute atomic E-state index is 0.138. The van der Waals surface area contributed by atoms with Crippen molar-refractivity contribution in [3.8, 4) is 0 Å². The Kier molecular flexibility index (Phi) is 6.83. The number of rotatable bonds is 9. The van der Waals surface area contributed by atoms with Crippen LogP contribution in [0.1, 0.15) is 0 Å². The molecule has 0 aliphatic carbocycles. The molecule has 0 saturated heterocycles. The third-order valence-corrected chi connectivity index (χ3v) is 5.72. The molecule has 0 amide bonds. The number of ether oxygens (including phenoxy) is 1. The van der Waals surface area contributed by atoms with E-state index in [9.17, 15) is 8.42 Å². The maximum Gasteiger partial charge on any atom is 0.240 e. The first-order valence-electron chi connectivity index (χ1n) is 9.17. The highest BCUT2D eigenvalue weighted by Crippen LogP contribution is 2.24. The Balaban J connectivity index is 1.77. The van der Waals surface area contributed by atoms with Crippen LogP contribution in [0.4, 0.5) is 28.8 Å². The van der Waals surface area contributed by atoms with Gasteiger partial charge in [-0.3, -0.25) is 0 Å². The van der Waals surface area contributed by atoms with Gasteiger partial charge in [-0.25, -0.2) is 18.1 Å². The molecule has 2 aromatic carbocycles. The van der Waals surface area contributed by atoms with Gasteiger partial charge in [0.1, 0.15) is 5.82 Å². The van der Waals surface area contributed by atoms with Crippen molar-refractivity contribution in [1.82, 2.24) is 14.7 Å². The van der Waals surface area contributed by atoms with Crippen LogP contribution in [0.2, 0.25) is 0 Å². The third kappa shape index (κ3) is 5.44. The van der Waals surface area contributed by atoms with Gasteiger partial charge >= 0.3 is 0 Å². The van der Waals surface area contributed by atoms with Gasteiger partial charge < -0.3 is 20.7 Å². The van der Waals surface area contributed by atoms with E-state index in [4.69, 9.17) is 10.5 Å². The van der Waals surface area contributed by atoms with E-state index in [0.717, 1.165) is 5.69 Å². The van der Waals surface area contributed by atoms with Gasteiger partial charge in [0, 0.05) is 44.0 Å². The van der Waals surface area contributed by atoms with E-state index in [1.165, 1.54) is 19.2 Å². The predicted molar refractivity (Wildman–Crippen MR) is 118 cm³/mol. The first kappa shape index (κ1) is 21.5. The lowest BCUT2D eigenvalue weighted by Gasteiger charge is -2.19. The summed E-state index contributed by atoms with van der Waals surface area (Å²) in [6.07, 6.45) is 1.63. The summed E-state index contributed by atoms with van der Waals surface area (Å²) in [6, 6.07) is 15.7. The van der Waals surface area contributed by atoms with E-state index in [0.29, 0.717) is 29.7 Å². The molecule has 0 aliphatic heterocycles. The monoisotopic (exact) mass is 428 g/mol. The number of benzene rings is 2. The van der Waals surface area contributed by atoms with E-state index >= 15 is 0 Å². The highest BCUT2D eigenvalue weighted by molar-refractivity contribution is 7.89. The molecule has 0 spiro atoms. The molecule has 0 saturated carbocycles. The van der Waals surface area contributed by atoms with Gasteiger partial charge in [-0.1, -0.05) is 6.07 Å². The lowest BCUT2D eigenvalue weighted by atomic mass is 10.2. The van der Waals surface area contributed by atoms with Crippen molar-refractivity contribution in [2.45, 2.75) is 4.90 Å². The summed E-state index contributed by atoms with van der Waals surface area (Å²) in [5.41, 5.74) is 7.90. The van der Waals surface area contributed by atoms with Crippen LogP contribution in [0.5, 0.6) is 0 Å². The molecule has 0 fully saturated rings. The molecule has 1 aromatic heterocycles. The fraction of sp³-hybridized carbons (Fsp3) is 0.200. The first-order chi connectivity index (χ1) is 14.4. The normalized spacial score (nSPS) is 11.3. The third-order valence-electron chi connectivity index (χ3n) is 4.26. The van der Waals surface area contributed by atoms with Crippen molar-refractivity contribution in [2.75, 3.05) is 43.3 Å². The number of methoxy groups -OCH3 is 1. The number of sulfonamides is 1. The number of anilines is 5. The van der Waals surface area contributed by atoms with E-state index in [2.05, 4.69) is 20.0 Å². The Hall–Kier alpha value is -3.21. The van der Waals surface area contributed by atoms with E-state index in [-0.39, 0.29) is 11.4 Å². The van der Waals surface area contributed by atoms with Crippen LogP contribution < -0.4 is 20.7 Å². The summed E-state index contributed by atoms with van der Waals surface area (Å²) in [7, 11) is -0.241. The van der Waals surface area contributed by atoms with E-state index in [1.807, 2.05) is 36.2 Å².